The van der Waals surface area contributed by atoms with Crippen LogP contribution < -0.4 is 10.6 Å². The first-order valence-electron chi connectivity index (χ1n) is 10.3. The lowest BCUT2D eigenvalue weighted by Crippen LogP contribution is -2.40. The zero-order valence-corrected chi connectivity index (χ0v) is 19.7. The number of benzene rings is 2. The van der Waals surface area contributed by atoms with Crippen LogP contribution in [0.25, 0.3) is 0 Å². The number of aromatic hydroxyl groups is 2. The molecule has 4 nitrogen and oxygen atoms in total. The van der Waals surface area contributed by atoms with E-state index in [9.17, 15) is 10.2 Å². The number of phenols is 2. The highest BCUT2D eigenvalue weighted by Gasteiger charge is 2.27. The van der Waals surface area contributed by atoms with Gasteiger partial charge in [0.1, 0.15) is 17.2 Å². The van der Waals surface area contributed by atoms with E-state index in [0.717, 1.165) is 22.3 Å². The van der Waals surface area contributed by atoms with Crippen molar-refractivity contribution in [1.82, 2.24) is 0 Å². The van der Waals surface area contributed by atoms with Crippen molar-refractivity contribution >= 4 is 11.4 Å². The van der Waals surface area contributed by atoms with Gasteiger partial charge in [-0.15, -0.1) is 0 Å². The number of hydrogen-bond donors (Lipinski definition) is 4. The van der Waals surface area contributed by atoms with Crippen LogP contribution in [0.5, 0.6) is 11.5 Å². The van der Waals surface area contributed by atoms with Crippen LogP contribution in [0.15, 0.2) is 24.3 Å². The lowest BCUT2D eigenvalue weighted by Gasteiger charge is -2.33. The molecule has 29 heavy (non-hydrogen) atoms. The monoisotopic (exact) mass is 398 g/mol. The van der Waals surface area contributed by atoms with Crippen LogP contribution in [0.1, 0.15) is 77.6 Å². The minimum absolute atomic E-state index is 0.166. The van der Waals surface area contributed by atoms with Gasteiger partial charge in [0, 0.05) is 11.1 Å². The van der Waals surface area contributed by atoms with Crippen molar-refractivity contribution in [1.29, 1.82) is 0 Å². The Morgan fingerprint density at radius 2 is 0.897 bits per heavy atom. The number of nitrogens with one attached hydrogen (secondary N) is 2. The van der Waals surface area contributed by atoms with Crippen LogP contribution in [0.2, 0.25) is 0 Å². The van der Waals surface area contributed by atoms with Gasteiger partial charge in [-0.2, -0.15) is 0 Å². The molecule has 2 aromatic rings. The minimum atomic E-state index is -0.610. The highest BCUT2D eigenvalue weighted by molar-refractivity contribution is 5.67. The Hall–Kier alpha value is -2.36. The third-order valence-corrected chi connectivity index (χ3v) is 5.02. The molecule has 0 amide bonds. The van der Waals surface area contributed by atoms with Gasteiger partial charge in [-0.3, -0.25) is 0 Å². The van der Waals surface area contributed by atoms with Crippen molar-refractivity contribution in [2.75, 3.05) is 10.6 Å². The molecule has 0 saturated carbocycles. The number of anilines is 2. The lowest BCUT2D eigenvalue weighted by molar-refractivity contribution is 0.444. The summed E-state index contributed by atoms with van der Waals surface area (Å²) in [6.45, 7) is 20.6. The van der Waals surface area contributed by atoms with E-state index in [0.29, 0.717) is 11.4 Å². The van der Waals surface area contributed by atoms with Crippen LogP contribution >= 0.6 is 0 Å². The Labute approximate surface area is 176 Å². The summed E-state index contributed by atoms with van der Waals surface area (Å²) in [5.41, 5.74) is 4.39. The fourth-order valence-corrected chi connectivity index (χ4v) is 3.60. The molecule has 0 fully saturated rings. The van der Waals surface area contributed by atoms with Crippen molar-refractivity contribution in [3.05, 3.63) is 46.5 Å². The lowest BCUT2D eigenvalue weighted by atomic mass is 9.84. The molecule has 2 aromatic carbocycles. The van der Waals surface area contributed by atoms with Crippen LogP contribution in [0.4, 0.5) is 11.4 Å². The molecule has 0 aromatic heterocycles. The van der Waals surface area contributed by atoms with E-state index in [2.05, 4.69) is 52.2 Å². The SMILES string of the molecule is Cc1cc(NC(C)(C)Nc2cc(C)cc(C(C)(C)C)c2O)c(O)c(C(C)(C)C)c1. The number of rotatable bonds is 4. The van der Waals surface area contributed by atoms with Crippen molar-refractivity contribution in [3.8, 4) is 11.5 Å². The Balaban J connectivity index is 2.42. The van der Waals surface area contributed by atoms with E-state index in [4.69, 9.17) is 0 Å². The fraction of sp³-hybridized carbons (Fsp3) is 0.520. The van der Waals surface area contributed by atoms with Gasteiger partial charge in [-0.25, -0.2) is 0 Å². The van der Waals surface area contributed by atoms with E-state index >= 15 is 0 Å². The molecule has 0 atom stereocenters. The van der Waals surface area contributed by atoms with E-state index < -0.39 is 5.66 Å². The van der Waals surface area contributed by atoms with Crippen LogP contribution in [-0.4, -0.2) is 15.9 Å². The van der Waals surface area contributed by atoms with E-state index in [1.807, 2.05) is 52.0 Å². The Kier molecular flexibility index (Phi) is 5.91. The summed E-state index contributed by atoms with van der Waals surface area (Å²) >= 11 is 0. The maximum Gasteiger partial charge on any atom is 0.142 e. The highest BCUT2D eigenvalue weighted by atomic mass is 16.3. The Morgan fingerprint density at radius 3 is 1.17 bits per heavy atom. The van der Waals surface area contributed by atoms with Crippen molar-refractivity contribution in [2.24, 2.45) is 0 Å². The van der Waals surface area contributed by atoms with Gasteiger partial charge in [0.2, 0.25) is 0 Å². The first-order chi connectivity index (χ1) is 13.0. The van der Waals surface area contributed by atoms with Crippen molar-refractivity contribution in [3.63, 3.8) is 0 Å². The summed E-state index contributed by atoms with van der Waals surface area (Å²) in [6.07, 6.45) is 0. The predicted octanol–water partition coefficient (Wildman–Crippen LogP) is 6.57. The molecule has 0 aliphatic carbocycles. The molecule has 0 saturated heterocycles. The third kappa shape index (κ3) is 5.37. The molecule has 0 aliphatic rings. The molecule has 160 valence electrons. The quantitative estimate of drug-likeness (QED) is 0.347. The second-order valence-electron chi connectivity index (χ2n) is 10.8. The summed E-state index contributed by atoms with van der Waals surface area (Å²) in [4.78, 5) is 0. The summed E-state index contributed by atoms with van der Waals surface area (Å²) in [5, 5.41) is 28.6. The Bertz CT molecular complexity index is 827. The number of aryl methyl sites for hydroxylation is 2. The highest BCUT2D eigenvalue weighted by Crippen LogP contribution is 2.40. The molecule has 0 bridgehead atoms. The fourth-order valence-electron chi connectivity index (χ4n) is 3.60. The van der Waals surface area contributed by atoms with Crippen LogP contribution in [0, 0.1) is 13.8 Å². The van der Waals surface area contributed by atoms with E-state index in [1.165, 1.54) is 0 Å². The summed E-state index contributed by atoms with van der Waals surface area (Å²) < 4.78 is 0. The van der Waals surface area contributed by atoms with E-state index in [1.54, 1.807) is 0 Å². The maximum atomic E-state index is 10.9. The number of hydrogen-bond acceptors (Lipinski definition) is 4. The molecule has 4 N–H and O–H groups in total. The summed E-state index contributed by atoms with van der Waals surface area (Å²) in [6, 6.07) is 7.96. The maximum absolute atomic E-state index is 10.9. The van der Waals surface area contributed by atoms with Gasteiger partial charge in [-0.05, 0) is 61.8 Å². The second kappa shape index (κ2) is 7.47. The topological polar surface area (TPSA) is 64.5 Å². The average molecular weight is 399 g/mol. The van der Waals surface area contributed by atoms with Gasteiger partial charge in [0.15, 0.2) is 0 Å². The predicted molar refractivity (Wildman–Crippen MR) is 124 cm³/mol. The largest absolute Gasteiger partial charge is 0.505 e. The number of phenolic OH excluding ortho intramolecular Hbond substituents is 2. The second-order valence-corrected chi connectivity index (χ2v) is 10.8. The summed E-state index contributed by atoms with van der Waals surface area (Å²) in [5.74, 6) is 0.531. The van der Waals surface area contributed by atoms with E-state index in [-0.39, 0.29) is 22.3 Å². The normalized spacial score (nSPS) is 12.8. The molecule has 4 heteroatoms. The van der Waals surface area contributed by atoms with Crippen molar-refractivity contribution < 1.29 is 10.2 Å². The third-order valence-electron chi connectivity index (χ3n) is 5.02. The molecular formula is C25H38N2O2. The van der Waals surface area contributed by atoms with Crippen LogP contribution in [-0.2, 0) is 10.8 Å². The standard InChI is InChI=1S/C25H38N2O2/c1-15-11-17(23(3,4)5)21(28)19(13-15)26-25(9,10)27-20-14-16(2)12-18(22(20)29)24(6,7)8/h11-14,26-29H,1-10H3. The van der Waals surface area contributed by atoms with Gasteiger partial charge in [-0.1, -0.05) is 53.7 Å². The molecule has 0 heterocycles. The summed E-state index contributed by atoms with van der Waals surface area (Å²) in [7, 11) is 0. The Morgan fingerprint density at radius 1 is 0.586 bits per heavy atom. The first kappa shape index (κ1) is 22.9. The van der Waals surface area contributed by atoms with Crippen molar-refractivity contribution in [2.45, 2.75) is 85.7 Å². The molecule has 0 aliphatic heterocycles. The van der Waals surface area contributed by atoms with Gasteiger partial charge >= 0.3 is 0 Å². The molecule has 0 unspecified atom stereocenters. The average Bonchev–Trinajstić information content (AvgIpc) is 2.51. The van der Waals surface area contributed by atoms with Gasteiger partial charge in [0.25, 0.3) is 0 Å². The minimum Gasteiger partial charge on any atom is -0.505 e. The zero-order chi connectivity index (χ0) is 22.4. The zero-order valence-electron chi connectivity index (χ0n) is 19.7. The molecular weight excluding hydrogens is 360 g/mol. The van der Waals surface area contributed by atoms with Crippen LogP contribution in [0.3, 0.4) is 0 Å². The smallest absolute Gasteiger partial charge is 0.142 e. The van der Waals surface area contributed by atoms with Gasteiger partial charge < -0.3 is 20.8 Å². The van der Waals surface area contributed by atoms with Gasteiger partial charge in [0.05, 0.1) is 11.4 Å². The molecule has 2 rings (SSSR count). The molecule has 0 spiro atoms. The first-order valence-corrected chi connectivity index (χ1v) is 10.3. The molecule has 0 radical (unpaired) electrons.